The number of nitrogens with one attached hydrogen (secondary N) is 2. The molecule has 0 aliphatic carbocycles. The maximum atomic E-state index is 13.6. The van der Waals surface area contributed by atoms with Crippen molar-refractivity contribution in [3.8, 4) is 5.75 Å². The van der Waals surface area contributed by atoms with Gasteiger partial charge in [-0.2, -0.15) is 0 Å². The van der Waals surface area contributed by atoms with Gasteiger partial charge in [0.05, 0.1) is 30.2 Å². The standard InChI is InChI=1S/C30H29N5O4S/c1-3-25(28(37)33-22-15-9-10-16-24(22)39-2)40-30-34-21-14-8-7-13-20(21)27-32-23(29(38)35(27)30)17-26(36)31-18-19-11-5-4-6-12-19/h4-16,23,25H,3,17-18H2,1-2H3,(H,31,36)(H,33,37)/t23-,25+/m1/s1. The Hall–Kier alpha value is -4.44. The lowest BCUT2D eigenvalue weighted by molar-refractivity contribution is -0.128. The summed E-state index contributed by atoms with van der Waals surface area (Å²) in [6, 6.07) is 23.3. The number of carbonyl (C=O) groups excluding carboxylic acids is 3. The second kappa shape index (κ2) is 12.2. The van der Waals surface area contributed by atoms with Crippen molar-refractivity contribution in [2.24, 2.45) is 9.98 Å². The topological polar surface area (TPSA) is 112 Å². The van der Waals surface area contributed by atoms with Gasteiger partial charge in [0, 0.05) is 12.1 Å². The minimum atomic E-state index is -0.884. The molecular formula is C30H29N5O4S. The summed E-state index contributed by atoms with van der Waals surface area (Å²) in [6.45, 7) is 2.27. The molecular weight excluding hydrogens is 526 g/mol. The van der Waals surface area contributed by atoms with E-state index >= 15 is 0 Å². The smallest absolute Gasteiger partial charge is 0.259 e. The number of carbonyl (C=O) groups is 3. The van der Waals surface area contributed by atoms with Crippen LogP contribution < -0.4 is 15.4 Å². The third-order valence-corrected chi connectivity index (χ3v) is 7.85. The summed E-state index contributed by atoms with van der Waals surface area (Å²) in [5, 5.41) is 5.61. The molecule has 204 valence electrons. The van der Waals surface area contributed by atoms with E-state index in [1.165, 1.54) is 16.7 Å². The molecule has 0 radical (unpaired) electrons. The molecule has 0 bridgehead atoms. The third-order valence-electron chi connectivity index (χ3n) is 6.53. The number of thioether (sulfide) groups is 1. The number of methoxy groups -OCH3 is 1. The summed E-state index contributed by atoms with van der Waals surface area (Å²) in [4.78, 5) is 50.5. The number of hydrogen-bond acceptors (Lipinski definition) is 7. The number of amidine groups is 2. The molecule has 0 saturated heterocycles. The zero-order valence-electron chi connectivity index (χ0n) is 22.2. The van der Waals surface area contributed by atoms with Crippen LogP contribution in [0.3, 0.4) is 0 Å². The molecule has 9 nitrogen and oxygen atoms in total. The quantitative estimate of drug-likeness (QED) is 0.404. The summed E-state index contributed by atoms with van der Waals surface area (Å²) >= 11 is 1.20. The molecule has 2 heterocycles. The molecule has 3 aromatic rings. The fraction of sp³-hybridized carbons (Fsp3) is 0.233. The van der Waals surface area contributed by atoms with Crippen molar-refractivity contribution in [3.05, 3.63) is 90.0 Å². The number of aliphatic imine (C=N–C) groups is 2. The van der Waals surface area contributed by atoms with Crippen molar-refractivity contribution in [2.75, 3.05) is 12.4 Å². The van der Waals surface area contributed by atoms with Gasteiger partial charge in [-0.1, -0.05) is 73.3 Å². The lowest BCUT2D eigenvalue weighted by Crippen LogP contribution is -2.43. The molecule has 3 amide bonds. The number of nitrogens with zero attached hydrogens (tertiary/aromatic N) is 3. The number of hydrogen-bond donors (Lipinski definition) is 2. The number of benzene rings is 3. The van der Waals surface area contributed by atoms with Gasteiger partial charge in [0.15, 0.2) is 5.17 Å². The molecule has 0 saturated carbocycles. The number of ether oxygens (including phenoxy) is 1. The predicted octanol–water partition coefficient (Wildman–Crippen LogP) is 4.51. The number of anilines is 1. The van der Waals surface area contributed by atoms with E-state index in [1.54, 1.807) is 19.2 Å². The lowest BCUT2D eigenvalue weighted by atomic mass is 10.1. The number of amides is 3. The van der Waals surface area contributed by atoms with Gasteiger partial charge in [0.25, 0.3) is 5.91 Å². The normalized spacial score (nSPS) is 16.3. The van der Waals surface area contributed by atoms with Crippen LogP contribution in [0.5, 0.6) is 5.75 Å². The van der Waals surface area contributed by atoms with E-state index < -0.39 is 11.3 Å². The Balaban J connectivity index is 1.34. The SMILES string of the molecule is CC[C@H](SC1=Nc2ccccc2C2=N[C@H](CC(=O)NCc3ccccc3)C(=O)N12)C(=O)Nc1ccccc1OC. The Kier molecular flexibility index (Phi) is 8.26. The number of para-hydroxylation sites is 3. The zero-order valence-corrected chi connectivity index (χ0v) is 23.0. The molecule has 2 N–H and O–H groups in total. The van der Waals surface area contributed by atoms with Gasteiger partial charge in [-0.3, -0.25) is 19.4 Å². The highest BCUT2D eigenvalue weighted by molar-refractivity contribution is 8.15. The van der Waals surface area contributed by atoms with Gasteiger partial charge >= 0.3 is 0 Å². The van der Waals surface area contributed by atoms with Crippen molar-refractivity contribution >= 4 is 51.9 Å². The Morgan fingerprint density at radius 1 is 1.02 bits per heavy atom. The van der Waals surface area contributed by atoms with Crippen LogP contribution in [0.25, 0.3) is 0 Å². The van der Waals surface area contributed by atoms with E-state index in [0.29, 0.717) is 46.7 Å². The van der Waals surface area contributed by atoms with Crippen molar-refractivity contribution in [2.45, 2.75) is 37.6 Å². The van der Waals surface area contributed by atoms with Crippen LogP contribution >= 0.6 is 11.8 Å². The minimum Gasteiger partial charge on any atom is -0.495 e. The van der Waals surface area contributed by atoms with Crippen molar-refractivity contribution in [1.29, 1.82) is 0 Å². The van der Waals surface area contributed by atoms with Gasteiger partial charge in [-0.25, -0.2) is 9.89 Å². The molecule has 2 aliphatic rings. The van der Waals surface area contributed by atoms with Crippen LogP contribution in [0.2, 0.25) is 0 Å². The fourth-order valence-electron chi connectivity index (χ4n) is 4.47. The monoisotopic (exact) mass is 555 g/mol. The summed E-state index contributed by atoms with van der Waals surface area (Å²) < 4.78 is 5.36. The second-order valence-corrected chi connectivity index (χ2v) is 10.4. The molecule has 0 spiro atoms. The van der Waals surface area contributed by atoms with E-state index in [0.717, 1.165) is 5.56 Å². The third kappa shape index (κ3) is 5.76. The Bertz CT molecular complexity index is 1490. The molecule has 3 aromatic carbocycles. The van der Waals surface area contributed by atoms with Gasteiger partial charge in [-0.05, 0) is 36.2 Å². The Morgan fingerprint density at radius 3 is 2.52 bits per heavy atom. The van der Waals surface area contributed by atoms with Gasteiger partial charge in [0.1, 0.15) is 17.6 Å². The Morgan fingerprint density at radius 2 is 1.75 bits per heavy atom. The predicted molar refractivity (Wildman–Crippen MR) is 157 cm³/mol. The summed E-state index contributed by atoms with van der Waals surface area (Å²) in [5.74, 6) is 0.149. The Labute approximate surface area is 236 Å². The van der Waals surface area contributed by atoms with E-state index in [4.69, 9.17) is 9.73 Å². The highest BCUT2D eigenvalue weighted by Gasteiger charge is 2.43. The van der Waals surface area contributed by atoms with E-state index in [1.807, 2.05) is 73.7 Å². The minimum absolute atomic E-state index is 0.0860. The van der Waals surface area contributed by atoms with Gasteiger partial charge < -0.3 is 15.4 Å². The van der Waals surface area contributed by atoms with Crippen LogP contribution in [-0.4, -0.2) is 52.0 Å². The fourth-order valence-corrected chi connectivity index (χ4v) is 5.49. The van der Waals surface area contributed by atoms with Crippen molar-refractivity contribution < 1.29 is 19.1 Å². The summed E-state index contributed by atoms with van der Waals surface area (Å²) in [5.41, 5.74) is 2.89. The van der Waals surface area contributed by atoms with Crippen LogP contribution in [0, 0.1) is 0 Å². The van der Waals surface area contributed by atoms with Crippen molar-refractivity contribution in [3.63, 3.8) is 0 Å². The van der Waals surface area contributed by atoms with Crippen LogP contribution in [-0.2, 0) is 20.9 Å². The highest BCUT2D eigenvalue weighted by Crippen LogP contribution is 2.36. The molecule has 2 atom stereocenters. The van der Waals surface area contributed by atoms with Crippen molar-refractivity contribution in [1.82, 2.24) is 10.2 Å². The number of fused-ring (bicyclic) bond motifs is 3. The molecule has 40 heavy (non-hydrogen) atoms. The van der Waals surface area contributed by atoms with E-state index in [-0.39, 0.29) is 24.1 Å². The first kappa shape index (κ1) is 27.1. The van der Waals surface area contributed by atoms with E-state index in [9.17, 15) is 14.4 Å². The lowest BCUT2D eigenvalue weighted by Gasteiger charge is -2.27. The van der Waals surface area contributed by atoms with Crippen LogP contribution in [0.4, 0.5) is 11.4 Å². The van der Waals surface area contributed by atoms with Crippen LogP contribution in [0.15, 0.2) is 88.8 Å². The van der Waals surface area contributed by atoms with Gasteiger partial charge in [0.2, 0.25) is 11.8 Å². The molecule has 2 aliphatic heterocycles. The molecule has 0 unspecified atom stereocenters. The maximum absolute atomic E-state index is 13.6. The maximum Gasteiger partial charge on any atom is 0.259 e. The van der Waals surface area contributed by atoms with E-state index in [2.05, 4.69) is 15.6 Å². The molecule has 10 heteroatoms. The molecule has 5 rings (SSSR count). The zero-order chi connectivity index (χ0) is 28.1. The summed E-state index contributed by atoms with van der Waals surface area (Å²) in [6.07, 6.45) is 0.406. The first-order chi connectivity index (χ1) is 19.5. The molecule has 0 fully saturated rings. The second-order valence-electron chi connectivity index (χ2n) is 9.22. The van der Waals surface area contributed by atoms with Gasteiger partial charge in [-0.15, -0.1) is 0 Å². The summed E-state index contributed by atoms with van der Waals surface area (Å²) in [7, 11) is 1.55. The highest BCUT2D eigenvalue weighted by atomic mass is 32.2. The first-order valence-corrected chi connectivity index (χ1v) is 13.9. The van der Waals surface area contributed by atoms with Crippen LogP contribution in [0.1, 0.15) is 30.9 Å². The first-order valence-electron chi connectivity index (χ1n) is 13.0. The average molecular weight is 556 g/mol. The largest absolute Gasteiger partial charge is 0.495 e. The average Bonchev–Trinajstić information content (AvgIpc) is 3.31. The molecule has 0 aromatic heterocycles. The number of rotatable bonds is 9.